The van der Waals surface area contributed by atoms with Crippen molar-refractivity contribution in [2.75, 3.05) is 19.8 Å². The van der Waals surface area contributed by atoms with Gasteiger partial charge in [-0.1, -0.05) is 0 Å². The summed E-state index contributed by atoms with van der Waals surface area (Å²) in [5, 5.41) is 16.5. The van der Waals surface area contributed by atoms with Gasteiger partial charge in [0.25, 0.3) is 5.69 Å². The molecule has 0 spiro atoms. The van der Waals surface area contributed by atoms with Crippen LogP contribution in [0.3, 0.4) is 0 Å². The SMILES string of the molecule is CCOc1cc2c(cc1OCC)C[NH+](Cn1ncc3ccc([N+](=O)[O-])cc31)CC2. The molecule has 0 saturated heterocycles. The van der Waals surface area contributed by atoms with Crippen molar-refractivity contribution in [3.05, 3.63) is 57.8 Å². The molecule has 8 heteroatoms. The van der Waals surface area contributed by atoms with Crippen LogP contribution in [-0.4, -0.2) is 34.5 Å². The maximum Gasteiger partial charge on any atom is 0.271 e. The van der Waals surface area contributed by atoms with Crippen molar-refractivity contribution in [2.45, 2.75) is 33.5 Å². The molecular formula is C21H25N4O4+. The zero-order valence-corrected chi connectivity index (χ0v) is 16.7. The van der Waals surface area contributed by atoms with Crippen LogP contribution < -0.4 is 14.4 Å². The maximum atomic E-state index is 11.1. The third-order valence-corrected chi connectivity index (χ3v) is 5.27. The normalized spacial score (nSPS) is 15.9. The first-order chi connectivity index (χ1) is 14.1. The maximum absolute atomic E-state index is 11.1. The smallest absolute Gasteiger partial charge is 0.271 e. The van der Waals surface area contributed by atoms with Crippen LogP contribution in [0.1, 0.15) is 25.0 Å². The number of non-ortho nitro benzene ring substituents is 1. The Hall–Kier alpha value is -3.13. The zero-order chi connectivity index (χ0) is 20.4. The van der Waals surface area contributed by atoms with Crippen LogP contribution in [0.15, 0.2) is 36.5 Å². The number of rotatable bonds is 7. The van der Waals surface area contributed by atoms with E-state index in [-0.39, 0.29) is 10.6 Å². The molecule has 0 bridgehead atoms. The van der Waals surface area contributed by atoms with E-state index in [4.69, 9.17) is 9.47 Å². The molecule has 1 unspecified atom stereocenters. The average molecular weight is 397 g/mol. The highest BCUT2D eigenvalue weighted by Crippen LogP contribution is 2.32. The Kier molecular flexibility index (Phi) is 5.35. The largest absolute Gasteiger partial charge is 0.490 e. The number of fused-ring (bicyclic) bond motifs is 2. The van der Waals surface area contributed by atoms with Crippen molar-refractivity contribution in [1.29, 1.82) is 0 Å². The molecule has 1 aromatic heterocycles. The molecule has 1 aliphatic rings. The minimum Gasteiger partial charge on any atom is -0.490 e. The minimum absolute atomic E-state index is 0.0862. The molecule has 4 rings (SSSR count). The average Bonchev–Trinajstić information content (AvgIpc) is 3.11. The van der Waals surface area contributed by atoms with E-state index in [2.05, 4.69) is 17.2 Å². The number of benzene rings is 2. The van der Waals surface area contributed by atoms with Crippen LogP contribution in [-0.2, 0) is 19.6 Å². The second-order valence-electron chi connectivity index (χ2n) is 7.16. The lowest BCUT2D eigenvalue weighted by Gasteiger charge is -2.27. The van der Waals surface area contributed by atoms with Gasteiger partial charge in [0.2, 0.25) is 0 Å². The lowest BCUT2D eigenvalue weighted by Crippen LogP contribution is -3.11. The summed E-state index contributed by atoms with van der Waals surface area (Å²) < 4.78 is 13.4. The number of nitro groups is 1. The van der Waals surface area contributed by atoms with Crippen LogP contribution in [0.25, 0.3) is 10.9 Å². The van der Waals surface area contributed by atoms with Crippen molar-refractivity contribution in [1.82, 2.24) is 9.78 Å². The number of nitro benzene ring substituents is 1. The van der Waals surface area contributed by atoms with E-state index in [9.17, 15) is 10.1 Å². The summed E-state index contributed by atoms with van der Waals surface area (Å²) in [6, 6.07) is 9.06. The highest BCUT2D eigenvalue weighted by molar-refractivity contribution is 5.80. The molecule has 0 saturated carbocycles. The monoisotopic (exact) mass is 397 g/mol. The van der Waals surface area contributed by atoms with Gasteiger partial charge >= 0.3 is 0 Å². The van der Waals surface area contributed by atoms with E-state index in [1.54, 1.807) is 18.3 Å². The standard InChI is InChI=1S/C21H24N4O4/c1-3-28-20-9-15-7-8-23(13-17(15)10-21(20)29-4-2)14-24-19-11-18(25(26)27)6-5-16(19)12-22-24/h5-6,9-12H,3-4,7-8,13-14H2,1-2H3/p+1. The van der Waals surface area contributed by atoms with E-state index in [1.165, 1.54) is 22.1 Å². The van der Waals surface area contributed by atoms with Gasteiger partial charge in [-0.2, -0.15) is 5.10 Å². The van der Waals surface area contributed by atoms with Gasteiger partial charge in [-0.25, -0.2) is 4.68 Å². The van der Waals surface area contributed by atoms with E-state index in [0.717, 1.165) is 41.9 Å². The zero-order valence-electron chi connectivity index (χ0n) is 16.7. The molecular weight excluding hydrogens is 372 g/mol. The Morgan fingerprint density at radius 3 is 2.55 bits per heavy atom. The van der Waals surface area contributed by atoms with E-state index < -0.39 is 0 Å². The molecule has 3 aromatic rings. The van der Waals surface area contributed by atoms with Crippen molar-refractivity contribution in [3.63, 3.8) is 0 Å². The molecule has 0 radical (unpaired) electrons. The molecule has 2 heterocycles. The van der Waals surface area contributed by atoms with Crippen LogP contribution in [0.2, 0.25) is 0 Å². The van der Waals surface area contributed by atoms with Gasteiger partial charge in [0.05, 0.1) is 36.4 Å². The summed E-state index contributed by atoms with van der Waals surface area (Å²) in [7, 11) is 0. The fraction of sp³-hybridized carbons (Fsp3) is 0.381. The number of ether oxygens (including phenoxy) is 2. The molecule has 29 heavy (non-hydrogen) atoms. The number of nitrogens with zero attached hydrogens (tertiary/aromatic N) is 3. The Labute approximate surface area is 168 Å². The second-order valence-corrected chi connectivity index (χ2v) is 7.16. The topological polar surface area (TPSA) is 83.9 Å². The molecule has 1 atom stereocenters. The summed E-state index contributed by atoms with van der Waals surface area (Å²) in [6.45, 7) is 7.60. The van der Waals surface area contributed by atoms with Gasteiger partial charge in [-0.15, -0.1) is 0 Å². The number of hydrogen-bond acceptors (Lipinski definition) is 5. The molecule has 2 aromatic carbocycles. The Morgan fingerprint density at radius 1 is 1.14 bits per heavy atom. The predicted molar refractivity (Wildman–Crippen MR) is 108 cm³/mol. The summed E-state index contributed by atoms with van der Waals surface area (Å²) >= 11 is 0. The Balaban J connectivity index is 1.57. The molecule has 1 N–H and O–H groups in total. The Bertz CT molecular complexity index is 1050. The quantitative estimate of drug-likeness (QED) is 0.489. The predicted octanol–water partition coefficient (Wildman–Crippen LogP) is 2.34. The highest BCUT2D eigenvalue weighted by Gasteiger charge is 2.23. The van der Waals surface area contributed by atoms with Crippen LogP contribution in [0.5, 0.6) is 11.5 Å². The summed E-state index contributed by atoms with van der Waals surface area (Å²) in [5.74, 6) is 1.59. The van der Waals surface area contributed by atoms with Gasteiger partial charge in [0.1, 0.15) is 6.54 Å². The Morgan fingerprint density at radius 2 is 1.86 bits per heavy atom. The molecule has 8 nitrogen and oxygen atoms in total. The van der Waals surface area contributed by atoms with Gasteiger partial charge < -0.3 is 14.4 Å². The van der Waals surface area contributed by atoms with Gasteiger partial charge in [-0.3, -0.25) is 10.1 Å². The molecule has 0 amide bonds. The first kappa shape index (κ1) is 19.2. The van der Waals surface area contributed by atoms with E-state index >= 15 is 0 Å². The molecule has 152 valence electrons. The van der Waals surface area contributed by atoms with Crippen molar-refractivity contribution in [2.24, 2.45) is 0 Å². The number of aromatic nitrogens is 2. The van der Waals surface area contributed by atoms with E-state index in [1.807, 2.05) is 18.5 Å². The van der Waals surface area contributed by atoms with Crippen molar-refractivity contribution < 1.29 is 19.3 Å². The van der Waals surface area contributed by atoms with Crippen molar-refractivity contribution in [3.8, 4) is 11.5 Å². The first-order valence-electron chi connectivity index (χ1n) is 9.94. The van der Waals surface area contributed by atoms with Crippen LogP contribution in [0.4, 0.5) is 5.69 Å². The number of hydrogen-bond donors (Lipinski definition) is 1. The number of nitrogens with one attached hydrogen (secondary N) is 1. The molecule has 0 aliphatic carbocycles. The second kappa shape index (κ2) is 8.08. The summed E-state index contributed by atoms with van der Waals surface area (Å²) in [4.78, 5) is 12.1. The van der Waals surface area contributed by atoms with Gasteiger partial charge in [0.15, 0.2) is 18.2 Å². The highest BCUT2D eigenvalue weighted by atomic mass is 16.6. The lowest BCUT2D eigenvalue weighted by atomic mass is 9.99. The molecule has 1 aliphatic heterocycles. The van der Waals surface area contributed by atoms with E-state index in [0.29, 0.717) is 19.9 Å². The van der Waals surface area contributed by atoms with Crippen LogP contribution in [0, 0.1) is 10.1 Å². The first-order valence-corrected chi connectivity index (χ1v) is 9.94. The lowest BCUT2D eigenvalue weighted by molar-refractivity contribution is -0.938. The summed E-state index contributed by atoms with van der Waals surface area (Å²) in [6.07, 6.45) is 2.70. The molecule has 0 fully saturated rings. The van der Waals surface area contributed by atoms with Crippen LogP contribution >= 0.6 is 0 Å². The number of quaternary nitrogens is 1. The minimum atomic E-state index is -0.369. The third kappa shape index (κ3) is 3.88. The fourth-order valence-electron chi connectivity index (χ4n) is 3.89. The van der Waals surface area contributed by atoms with Gasteiger partial charge in [-0.05, 0) is 37.6 Å². The van der Waals surface area contributed by atoms with Crippen molar-refractivity contribution >= 4 is 16.6 Å². The third-order valence-electron chi connectivity index (χ3n) is 5.27. The fourth-order valence-corrected chi connectivity index (χ4v) is 3.89. The summed E-state index contributed by atoms with van der Waals surface area (Å²) in [5.41, 5.74) is 3.42. The van der Waals surface area contributed by atoms with Gasteiger partial charge in [0, 0.05) is 29.5 Å².